The number of rotatable bonds is 2. The molecule has 9 heteroatoms. The number of benzene rings is 8. The van der Waals surface area contributed by atoms with Crippen LogP contribution >= 0.6 is 23.1 Å². The van der Waals surface area contributed by atoms with Crippen LogP contribution < -0.4 is 42.6 Å². The van der Waals surface area contributed by atoms with E-state index in [1.807, 2.05) is 4.90 Å². The zero-order valence-electron chi connectivity index (χ0n) is 40.9. The highest BCUT2D eigenvalue weighted by atomic mass is 32.2. The number of thiophene rings is 1. The molecule has 0 spiro atoms. The minimum atomic E-state index is -4.63. The van der Waals surface area contributed by atoms with Gasteiger partial charge in [0.05, 0.1) is 16.9 Å². The number of nitrogens with zero attached hydrogens (tertiary/aromatic N) is 2. The van der Waals surface area contributed by atoms with Gasteiger partial charge < -0.3 is 9.80 Å². The van der Waals surface area contributed by atoms with Crippen LogP contribution in [0, 0.1) is 0 Å². The summed E-state index contributed by atoms with van der Waals surface area (Å²) < 4.78 is 50.1. The second kappa shape index (κ2) is 14.7. The van der Waals surface area contributed by atoms with E-state index in [1.165, 1.54) is 44.3 Å². The number of hydrogen-bond acceptors (Lipinski definition) is 4. The maximum absolute atomic E-state index is 15.9. The number of hydrogen-bond donors (Lipinski definition) is 0. The Morgan fingerprint density at radius 1 is 0.457 bits per heavy atom. The van der Waals surface area contributed by atoms with Crippen molar-refractivity contribution >= 4 is 124 Å². The van der Waals surface area contributed by atoms with Crippen LogP contribution in [0.4, 0.5) is 47.3 Å². The second-order valence-corrected chi connectivity index (χ2v) is 24.9. The first-order chi connectivity index (χ1) is 33.3. The predicted octanol–water partition coefficient (Wildman–Crippen LogP) is 14.0. The Kier molecular flexibility index (Phi) is 9.21. The minimum Gasteiger partial charge on any atom is -0.312 e. The highest BCUT2D eigenvalue weighted by Crippen LogP contribution is 2.56. The van der Waals surface area contributed by atoms with E-state index in [1.54, 1.807) is 35.2 Å². The largest absolute Gasteiger partial charge is 0.418 e. The molecular formula is C61H51B2F3N2S2. The third kappa shape index (κ3) is 6.22. The van der Waals surface area contributed by atoms with Crippen LogP contribution in [-0.2, 0) is 22.4 Å². The highest BCUT2D eigenvalue weighted by Gasteiger charge is 2.53. The Hall–Kier alpha value is -6.15. The summed E-state index contributed by atoms with van der Waals surface area (Å²) in [5.74, 6) is 0. The van der Waals surface area contributed by atoms with Crippen LogP contribution in [0.2, 0.25) is 0 Å². The summed E-state index contributed by atoms with van der Waals surface area (Å²) in [5, 5.41) is 2.27. The summed E-state index contributed by atoms with van der Waals surface area (Å²) in [6.45, 7) is 19.9. The van der Waals surface area contributed by atoms with Gasteiger partial charge in [-0.15, -0.1) is 11.3 Å². The van der Waals surface area contributed by atoms with Crippen LogP contribution in [-0.4, -0.2) is 13.4 Å². The molecule has 4 aliphatic rings. The summed E-state index contributed by atoms with van der Waals surface area (Å²) in [5.41, 5.74) is 16.4. The average Bonchev–Trinajstić information content (AvgIpc) is 3.71. The molecule has 344 valence electrons. The average molecular weight is 955 g/mol. The van der Waals surface area contributed by atoms with Gasteiger partial charge in [-0.05, 0) is 114 Å². The first-order valence-corrected chi connectivity index (χ1v) is 26.0. The number of alkyl halides is 3. The van der Waals surface area contributed by atoms with E-state index in [9.17, 15) is 0 Å². The van der Waals surface area contributed by atoms with Gasteiger partial charge in [-0.1, -0.05) is 177 Å². The Labute approximate surface area is 417 Å². The molecule has 0 fully saturated rings. The zero-order valence-corrected chi connectivity index (χ0v) is 42.5. The van der Waals surface area contributed by atoms with Crippen molar-refractivity contribution in [3.63, 3.8) is 0 Å². The molecule has 0 atom stereocenters. The van der Waals surface area contributed by atoms with Gasteiger partial charge in [0.2, 0.25) is 6.71 Å². The molecule has 5 heterocycles. The molecule has 0 saturated carbocycles. The van der Waals surface area contributed by atoms with E-state index in [2.05, 4.69) is 189 Å². The van der Waals surface area contributed by atoms with E-state index in [0.29, 0.717) is 0 Å². The summed E-state index contributed by atoms with van der Waals surface area (Å²) in [6, 6.07) is 51.0. The van der Waals surface area contributed by atoms with Gasteiger partial charge in [0.1, 0.15) is 0 Å². The quantitative estimate of drug-likeness (QED) is 0.159. The van der Waals surface area contributed by atoms with Gasteiger partial charge in [-0.25, -0.2) is 0 Å². The number of halogens is 3. The van der Waals surface area contributed by atoms with Crippen molar-refractivity contribution in [2.24, 2.45) is 0 Å². The summed E-state index contributed by atoms with van der Waals surface area (Å²) in [6.07, 6.45) is -4.63. The van der Waals surface area contributed by atoms with Crippen LogP contribution in [0.3, 0.4) is 0 Å². The van der Waals surface area contributed by atoms with Gasteiger partial charge in [0, 0.05) is 58.3 Å². The number of anilines is 6. The predicted molar refractivity (Wildman–Crippen MR) is 295 cm³/mol. The summed E-state index contributed by atoms with van der Waals surface area (Å²) in [7, 11) is 0. The Bertz CT molecular complexity index is 3740. The lowest BCUT2D eigenvalue weighted by Crippen LogP contribution is -2.68. The van der Waals surface area contributed by atoms with Gasteiger partial charge >= 0.3 is 6.18 Å². The van der Waals surface area contributed by atoms with Crippen LogP contribution in [0.15, 0.2) is 155 Å². The van der Waals surface area contributed by atoms with Crippen LogP contribution in [0.25, 0.3) is 31.3 Å². The fraction of sp³-hybridized carbons (Fsp3) is 0.213. The lowest BCUT2D eigenvalue weighted by Gasteiger charge is -2.51. The Morgan fingerprint density at radius 2 is 0.971 bits per heavy atom. The van der Waals surface area contributed by atoms with Crippen molar-refractivity contribution in [2.75, 3.05) is 9.80 Å². The fourth-order valence-electron chi connectivity index (χ4n) is 12.0. The monoisotopic (exact) mass is 954 g/mol. The van der Waals surface area contributed by atoms with Crippen molar-refractivity contribution in [1.29, 1.82) is 0 Å². The van der Waals surface area contributed by atoms with Gasteiger partial charge in [-0.3, -0.25) is 0 Å². The van der Waals surface area contributed by atoms with Crippen molar-refractivity contribution in [1.82, 2.24) is 0 Å². The molecular weight excluding hydrogens is 903 g/mol. The molecule has 9 aromatic rings. The third-order valence-electron chi connectivity index (χ3n) is 15.4. The lowest BCUT2D eigenvalue weighted by molar-refractivity contribution is -0.137. The molecule has 13 rings (SSSR count). The van der Waals surface area contributed by atoms with Gasteiger partial charge in [0.25, 0.3) is 6.71 Å². The van der Waals surface area contributed by atoms with Crippen molar-refractivity contribution < 1.29 is 13.2 Å². The highest BCUT2D eigenvalue weighted by molar-refractivity contribution is 8.00. The fourth-order valence-corrected chi connectivity index (χ4v) is 14.4. The van der Waals surface area contributed by atoms with Crippen molar-refractivity contribution in [3.8, 4) is 11.1 Å². The van der Waals surface area contributed by atoms with E-state index in [-0.39, 0.29) is 35.4 Å². The molecule has 2 nitrogen and oxygen atoms in total. The maximum Gasteiger partial charge on any atom is 0.418 e. The molecule has 0 radical (unpaired) electrons. The molecule has 0 amide bonds. The topological polar surface area (TPSA) is 6.48 Å². The third-order valence-corrected chi connectivity index (χ3v) is 17.8. The van der Waals surface area contributed by atoms with Crippen LogP contribution in [0.5, 0.6) is 0 Å². The summed E-state index contributed by atoms with van der Waals surface area (Å²) in [4.78, 5) is 6.79. The molecule has 70 heavy (non-hydrogen) atoms. The normalized spacial score (nSPS) is 14.7. The minimum absolute atomic E-state index is 0.120. The molecule has 0 N–H and O–H groups in total. The first-order valence-electron chi connectivity index (χ1n) is 24.4. The van der Waals surface area contributed by atoms with Gasteiger partial charge in [0.15, 0.2) is 0 Å². The number of fused-ring (bicyclic) bond motifs is 13. The molecule has 0 bridgehead atoms. The summed E-state index contributed by atoms with van der Waals surface area (Å²) >= 11 is 3.55. The second-order valence-electron chi connectivity index (χ2n) is 22.8. The maximum atomic E-state index is 15.9. The molecule has 1 aromatic heterocycles. The van der Waals surface area contributed by atoms with E-state index in [4.69, 9.17) is 0 Å². The van der Waals surface area contributed by atoms with E-state index < -0.39 is 11.7 Å². The SMILES string of the molecule is CC(C)(C)c1ccc2c(c1)B1c3ccccc3Sc3c1c1c4c(c3-c3cccc5sc6ccccc6c35)N(c3ccccc3C(F)(F)F)c3ccc(C(C)(C)C)cc3B4c3cc(C(C)(C)C)ccc3N21. The molecule has 4 aliphatic heterocycles. The molecule has 8 aromatic carbocycles. The molecule has 0 saturated heterocycles. The van der Waals surface area contributed by atoms with Crippen LogP contribution in [0.1, 0.15) is 84.6 Å². The van der Waals surface area contributed by atoms with E-state index >= 15 is 13.2 Å². The zero-order chi connectivity index (χ0) is 48.6. The Balaban J connectivity index is 1.30. The molecule has 0 unspecified atom stereocenters. The number of para-hydroxylation sites is 1. The van der Waals surface area contributed by atoms with Gasteiger partial charge in [-0.2, -0.15) is 13.2 Å². The Morgan fingerprint density at radius 3 is 1.57 bits per heavy atom. The molecule has 0 aliphatic carbocycles. The van der Waals surface area contributed by atoms with Crippen molar-refractivity contribution in [3.05, 3.63) is 168 Å². The smallest absolute Gasteiger partial charge is 0.312 e. The first kappa shape index (κ1) is 43.8. The lowest BCUT2D eigenvalue weighted by atomic mass is 9.29. The van der Waals surface area contributed by atoms with E-state index in [0.717, 1.165) is 86.8 Å². The van der Waals surface area contributed by atoms with Crippen molar-refractivity contribution in [2.45, 2.75) is 94.5 Å². The standard InChI is InChI=1S/C61H51B2F3N2S2/c1-58(2,3)34-26-29-46-41(31-34)62-40-20-12-15-23-49(40)70-57-52(38-18-16-24-50-51(38)37-17-10-14-22-48(37)69-50)55-53-56(54(57)62)68(46)47-30-27-36(60(7,8)9)33-43(47)63(53)42-32-35(59(4,5)6)25-28-45(42)67(55)44-21-13-11-19-39(44)61(64,65)66/h10-33H,1-9H3.